The normalized spacial score (nSPS) is 11.3. The lowest BCUT2D eigenvalue weighted by Gasteiger charge is -2.21. The summed E-state index contributed by atoms with van der Waals surface area (Å²) in [4.78, 5) is 15.6. The van der Waals surface area contributed by atoms with Gasteiger partial charge in [0.1, 0.15) is 12.1 Å². The van der Waals surface area contributed by atoms with Crippen LogP contribution in [-0.2, 0) is 6.42 Å². The molecular formula is C21H27N5. The summed E-state index contributed by atoms with van der Waals surface area (Å²) in [6.45, 7) is 10.7. The van der Waals surface area contributed by atoms with Crippen LogP contribution in [0.2, 0.25) is 0 Å². The first-order chi connectivity index (χ1) is 12.5. The number of benzene rings is 1. The first-order valence-electron chi connectivity index (χ1n) is 9.28. The monoisotopic (exact) mass is 349 g/mol. The molecule has 0 saturated carbocycles. The summed E-state index contributed by atoms with van der Waals surface area (Å²) in [6.07, 6.45) is 2.40. The second-order valence-electron chi connectivity index (χ2n) is 6.94. The number of nitrogen functional groups attached to an aromatic ring is 1. The second kappa shape index (κ2) is 7.68. The topological polar surface area (TPSA) is 67.9 Å². The molecule has 0 amide bonds. The summed E-state index contributed by atoms with van der Waals surface area (Å²) >= 11 is 0. The molecule has 3 aromatic rings. The van der Waals surface area contributed by atoms with Crippen molar-refractivity contribution >= 4 is 22.5 Å². The third-order valence-electron chi connectivity index (χ3n) is 4.63. The van der Waals surface area contributed by atoms with Gasteiger partial charge in [-0.15, -0.1) is 0 Å². The maximum Gasteiger partial charge on any atom is 0.165 e. The summed E-state index contributed by atoms with van der Waals surface area (Å²) < 4.78 is 0. The zero-order valence-corrected chi connectivity index (χ0v) is 16.0. The van der Waals surface area contributed by atoms with E-state index >= 15 is 0 Å². The molecule has 0 radical (unpaired) electrons. The first-order valence-corrected chi connectivity index (χ1v) is 9.28. The van der Waals surface area contributed by atoms with E-state index in [-0.39, 0.29) is 0 Å². The Hall–Kier alpha value is -2.69. The molecule has 0 aliphatic rings. The largest absolute Gasteiger partial charge is 0.383 e. The standard InChI is InChI=1S/C21H27N5/c1-5-26(6-2)17-9-7-15(8-10-17)18-12-16(11-14(3)4)19-20(22)23-13-24-21(19)25-18/h7-10,12-14H,5-6,11H2,1-4H3,(H2,22,23,24,25). The van der Waals surface area contributed by atoms with Gasteiger partial charge in [-0.1, -0.05) is 26.0 Å². The van der Waals surface area contributed by atoms with Crippen LogP contribution in [0.1, 0.15) is 33.3 Å². The molecule has 2 aromatic heterocycles. The van der Waals surface area contributed by atoms with E-state index in [9.17, 15) is 0 Å². The van der Waals surface area contributed by atoms with Crippen molar-refractivity contribution in [3.8, 4) is 11.3 Å². The molecule has 0 spiro atoms. The number of anilines is 2. The van der Waals surface area contributed by atoms with Gasteiger partial charge in [-0.25, -0.2) is 15.0 Å². The van der Waals surface area contributed by atoms with Gasteiger partial charge in [-0.05, 0) is 49.9 Å². The Balaban J connectivity index is 2.07. The lowest BCUT2D eigenvalue weighted by molar-refractivity contribution is 0.650. The van der Waals surface area contributed by atoms with Crippen molar-refractivity contribution in [2.45, 2.75) is 34.1 Å². The molecule has 0 aliphatic carbocycles. The van der Waals surface area contributed by atoms with Gasteiger partial charge in [0.05, 0.1) is 11.1 Å². The van der Waals surface area contributed by atoms with Gasteiger partial charge in [0.15, 0.2) is 5.65 Å². The van der Waals surface area contributed by atoms with Crippen molar-refractivity contribution in [3.63, 3.8) is 0 Å². The molecule has 136 valence electrons. The fourth-order valence-corrected chi connectivity index (χ4v) is 3.35. The molecular weight excluding hydrogens is 322 g/mol. The average molecular weight is 349 g/mol. The molecule has 0 fully saturated rings. The SMILES string of the molecule is CCN(CC)c1ccc(-c2cc(CC(C)C)c3c(N)ncnc3n2)cc1. The third-order valence-corrected chi connectivity index (χ3v) is 4.63. The molecule has 1 aromatic carbocycles. The maximum atomic E-state index is 6.11. The molecule has 2 heterocycles. The fourth-order valence-electron chi connectivity index (χ4n) is 3.35. The van der Waals surface area contributed by atoms with Crippen LogP contribution in [-0.4, -0.2) is 28.0 Å². The predicted octanol–water partition coefficient (Wildman–Crippen LogP) is 4.32. The molecule has 0 aliphatic heterocycles. The lowest BCUT2D eigenvalue weighted by Crippen LogP contribution is -2.21. The minimum Gasteiger partial charge on any atom is -0.383 e. The molecule has 3 rings (SSSR count). The molecule has 0 bridgehead atoms. The number of hydrogen-bond donors (Lipinski definition) is 1. The smallest absolute Gasteiger partial charge is 0.165 e. The Morgan fingerprint density at radius 2 is 1.73 bits per heavy atom. The van der Waals surface area contributed by atoms with Crippen LogP contribution in [0.15, 0.2) is 36.7 Å². The Bertz CT molecular complexity index is 883. The first kappa shape index (κ1) is 18.1. The van der Waals surface area contributed by atoms with E-state index in [1.807, 2.05) is 0 Å². The van der Waals surface area contributed by atoms with E-state index in [0.717, 1.165) is 41.7 Å². The average Bonchev–Trinajstić information content (AvgIpc) is 2.62. The van der Waals surface area contributed by atoms with Gasteiger partial charge in [-0.2, -0.15) is 0 Å². The van der Waals surface area contributed by atoms with E-state index in [1.54, 1.807) is 0 Å². The van der Waals surface area contributed by atoms with Crippen LogP contribution in [0, 0.1) is 5.92 Å². The Kier molecular flexibility index (Phi) is 5.35. The number of aromatic nitrogens is 3. The number of rotatable bonds is 6. The summed E-state index contributed by atoms with van der Waals surface area (Å²) in [5, 5.41) is 0.879. The van der Waals surface area contributed by atoms with Gasteiger partial charge >= 0.3 is 0 Å². The molecule has 0 atom stereocenters. The highest BCUT2D eigenvalue weighted by Gasteiger charge is 2.13. The van der Waals surface area contributed by atoms with Crippen LogP contribution in [0.5, 0.6) is 0 Å². The molecule has 0 saturated heterocycles. The van der Waals surface area contributed by atoms with E-state index in [0.29, 0.717) is 17.4 Å². The van der Waals surface area contributed by atoms with Crippen molar-refractivity contribution < 1.29 is 0 Å². The van der Waals surface area contributed by atoms with Crippen molar-refractivity contribution in [2.24, 2.45) is 5.92 Å². The predicted molar refractivity (Wildman–Crippen MR) is 109 cm³/mol. The third kappa shape index (κ3) is 3.62. The van der Waals surface area contributed by atoms with Gasteiger partial charge in [0.2, 0.25) is 0 Å². The van der Waals surface area contributed by atoms with Crippen molar-refractivity contribution in [1.29, 1.82) is 0 Å². The van der Waals surface area contributed by atoms with Gasteiger partial charge < -0.3 is 10.6 Å². The van der Waals surface area contributed by atoms with Crippen molar-refractivity contribution in [3.05, 3.63) is 42.2 Å². The molecule has 0 unspecified atom stereocenters. The van der Waals surface area contributed by atoms with E-state index in [4.69, 9.17) is 10.7 Å². The minimum absolute atomic E-state index is 0.501. The zero-order chi connectivity index (χ0) is 18.7. The number of nitrogens with two attached hydrogens (primary N) is 1. The van der Waals surface area contributed by atoms with Crippen LogP contribution in [0.25, 0.3) is 22.3 Å². The van der Waals surface area contributed by atoms with Crippen LogP contribution >= 0.6 is 0 Å². The number of fused-ring (bicyclic) bond motifs is 1. The number of nitrogens with zero attached hydrogens (tertiary/aromatic N) is 4. The summed E-state index contributed by atoms with van der Waals surface area (Å²) in [6, 6.07) is 10.7. The molecule has 5 nitrogen and oxygen atoms in total. The zero-order valence-electron chi connectivity index (χ0n) is 16.0. The Morgan fingerprint density at radius 1 is 1.04 bits per heavy atom. The summed E-state index contributed by atoms with van der Waals surface area (Å²) in [5.74, 6) is 1.01. The molecule has 26 heavy (non-hydrogen) atoms. The number of pyridine rings is 1. The van der Waals surface area contributed by atoms with Crippen molar-refractivity contribution in [2.75, 3.05) is 23.7 Å². The lowest BCUT2D eigenvalue weighted by atomic mass is 9.98. The molecule has 5 heteroatoms. The van der Waals surface area contributed by atoms with Crippen LogP contribution in [0.4, 0.5) is 11.5 Å². The highest BCUT2D eigenvalue weighted by atomic mass is 15.1. The minimum atomic E-state index is 0.501. The van der Waals surface area contributed by atoms with E-state index in [1.165, 1.54) is 12.0 Å². The molecule has 2 N–H and O–H groups in total. The van der Waals surface area contributed by atoms with Crippen LogP contribution < -0.4 is 10.6 Å². The summed E-state index contributed by atoms with van der Waals surface area (Å²) in [7, 11) is 0. The van der Waals surface area contributed by atoms with Gasteiger partial charge in [-0.3, -0.25) is 0 Å². The highest BCUT2D eigenvalue weighted by Crippen LogP contribution is 2.29. The number of hydrogen-bond acceptors (Lipinski definition) is 5. The van der Waals surface area contributed by atoms with Crippen molar-refractivity contribution in [1.82, 2.24) is 15.0 Å². The van der Waals surface area contributed by atoms with Gasteiger partial charge in [0.25, 0.3) is 0 Å². The highest BCUT2D eigenvalue weighted by molar-refractivity contribution is 5.90. The Morgan fingerprint density at radius 3 is 2.35 bits per heavy atom. The van der Waals surface area contributed by atoms with Crippen LogP contribution in [0.3, 0.4) is 0 Å². The summed E-state index contributed by atoms with van der Waals surface area (Å²) in [5.41, 5.74) is 11.2. The van der Waals surface area contributed by atoms with E-state index < -0.39 is 0 Å². The fraction of sp³-hybridized carbons (Fsp3) is 0.381. The van der Waals surface area contributed by atoms with E-state index in [2.05, 4.69) is 72.9 Å². The quantitative estimate of drug-likeness (QED) is 0.718. The Labute approximate surface area is 155 Å². The van der Waals surface area contributed by atoms with Gasteiger partial charge in [0, 0.05) is 24.3 Å². The maximum absolute atomic E-state index is 6.11. The second-order valence-corrected chi connectivity index (χ2v) is 6.94.